The maximum Gasteiger partial charge on any atom is 0.231 e. The maximum absolute atomic E-state index is 5.71. The standard InChI is InChI=1S/C12H19N7O/c1-4-19(5-2)12-17-10(13)16-11(18-12)15-7-9-14-6-8(3)20-9/h6H,4-5,7H2,1-3H3,(H3,13,15,16,17,18). The SMILES string of the molecule is CCN(CC)c1nc(N)nc(NCc2ncc(C)o2)n1. The predicted molar refractivity (Wildman–Crippen MR) is 76.4 cm³/mol. The van der Waals surface area contributed by atoms with Crippen molar-refractivity contribution in [2.24, 2.45) is 0 Å². The van der Waals surface area contributed by atoms with Crippen LogP contribution < -0.4 is 16.0 Å². The average Bonchev–Trinajstić information content (AvgIpc) is 2.83. The van der Waals surface area contributed by atoms with Crippen LogP contribution in [-0.2, 0) is 6.54 Å². The number of aromatic nitrogens is 4. The normalized spacial score (nSPS) is 10.6. The number of nitrogens with two attached hydrogens (primary N) is 1. The first-order chi connectivity index (χ1) is 9.62. The summed E-state index contributed by atoms with van der Waals surface area (Å²) in [6.45, 7) is 7.92. The molecule has 108 valence electrons. The molecule has 8 heteroatoms. The summed E-state index contributed by atoms with van der Waals surface area (Å²) in [5.41, 5.74) is 5.71. The second-order valence-electron chi connectivity index (χ2n) is 4.21. The molecule has 2 heterocycles. The number of nitrogens with zero attached hydrogens (tertiary/aromatic N) is 5. The molecule has 0 spiro atoms. The monoisotopic (exact) mass is 277 g/mol. The summed E-state index contributed by atoms with van der Waals surface area (Å²) in [5.74, 6) is 2.50. The van der Waals surface area contributed by atoms with E-state index in [0.29, 0.717) is 24.3 Å². The van der Waals surface area contributed by atoms with E-state index >= 15 is 0 Å². The van der Waals surface area contributed by atoms with Gasteiger partial charge in [-0.2, -0.15) is 15.0 Å². The van der Waals surface area contributed by atoms with Crippen LogP contribution >= 0.6 is 0 Å². The highest BCUT2D eigenvalue weighted by Crippen LogP contribution is 2.12. The Morgan fingerprint density at radius 1 is 1.25 bits per heavy atom. The van der Waals surface area contributed by atoms with E-state index in [2.05, 4.69) is 25.3 Å². The fourth-order valence-electron chi connectivity index (χ4n) is 1.75. The van der Waals surface area contributed by atoms with E-state index in [1.807, 2.05) is 25.7 Å². The molecule has 0 bridgehead atoms. The van der Waals surface area contributed by atoms with Gasteiger partial charge in [0.2, 0.25) is 23.7 Å². The van der Waals surface area contributed by atoms with E-state index in [0.717, 1.165) is 18.8 Å². The fraction of sp³-hybridized carbons (Fsp3) is 0.500. The highest BCUT2D eigenvalue weighted by molar-refractivity contribution is 5.41. The first kappa shape index (κ1) is 14.0. The third kappa shape index (κ3) is 3.34. The van der Waals surface area contributed by atoms with Gasteiger partial charge >= 0.3 is 0 Å². The molecule has 0 aliphatic rings. The topological polar surface area (TPSA) is 106 Å². The smallest absolute Gasteiger partial charge is 0.231 e. The third-order valence-corrected chi connectivity index (χ3v) is 2.75. The lowest BCUT2D eigenvalue weighted by atomic mass is 10.5. The average molecular weight is 277 g/mol. The third-order valence-electron chi connectivity index (χ3n) is 2.75. The van der Waals surface area contributed by atoms with E-state index in [9.17, 15) is 0 Å². The van der Waals surface area contributed by atoms with E-state index < -0.39 is 0 Å². The maximum atomic E-state index is 5.71. The molecule has 0 atom stereocenters. The number of nitrogens with one attached hydrogen (secondary N) is 1. The predicted octanol–water partition coefficient (Wildman–Crippen LogP) is 1.21. The minimum Gasteiger partial charge on any atom is -0.444 e. The quantitative estimate of drug-likeness (QED) is 0.811. The lowest BCUT2D eigenvalue weighted by molar-refractivity contribution is 0.478. The van der Waals surface area contributed by atoms with E-state index in [4.69, 9.17) is 10.2 Å². The summed E-state index contributed by atoms with van der Waals surface area (Å²) in [7, 11) is 0. The number of hydrogen-bond acceptors (Lipinski definition) is 8. The van der Waals surface area contributed by atoms with Crippen molar-refractivity contribution in [3.05, 3.63) is 17.8 Å². The Labute approximate surface area is 117 Å². The molecule has 0 aliphatic heterocycles. The fourth-order valence-corrected chi connectivity index (χ4v) is 1.75. The minimum atomic E-state index is 0.188. The van der Waals surface area contributed by atoms with Crippen molar-refractivity contribution in [1.82, 2.24) is 19.9 Å². The summed E-state index contributed by atoms with van der Waals surface area (Å²) in [5, 5.41) is 3.03. The van der Waals surface area contributed by atoms with Crippen molar-refractivity contribution < 1.29 is 4.42 Å². The number of anilines is 3. The summed E-state index contributed by atoms with van der Waals surface area (Å²) in [4.78, 5) is 18.6. The van der Waals surface area contributed by atoms with Crippen LogP contribution in [0.25, 0.3) is 0 Å². The summed E-state index contributed by atoms with van der Waals surface area (Å²) < 4.78 is 5.37. The molecule has 0 unspecified atom stereocenters. The molecule has 2 rings (SSSR count). The highest BCUT2D eigenvalue weighted by Gasteiger charge is 2.10. The lowest BCUT2D eigenvalue weighted by Gasteiger charge is -2.18. The van der Waals surface area contributed by atoms with Crippen LogP contribution in [0.5, 0.6) is 0 Å². The van der Waals surface area contributed by atoms with Gasteiger partial charge in [-0.05, 0) is 20.8 Å². The van der Waals surface area contributed by atoms with Crippen LogP contribution in [0.15, 0.2) is 10.6 Å². The van der Waals surface area contributed by atoms with Gasteiger partial charge in [0.05, 0.1) is 12.7 Å². The zero-order valence-corrected chi connectivity index (χ0v) is 11.9. The Balaban J connectivity index is 2.11. The lowest BCUT2D eigenvalue weighted by Crippen LogP contribution is -2.25. The van der Waals surface area contributed by atoms with Gasteiger partial charge in [-0.1, -0.05) is 0 Å². The highest BCUT2D eigenvalue weighted by atomic mass is 16.4. The molecule has 0 amide bonds. The minimum absolute atomic E-state index is 0.188. The first-order valence-electron chi connectivity index (χ1n) is 6.54. The molecule has 2 aromatic heterocycles. The number of aryl methyl sites for hydroxylation is 1. The van der Waals surface area contributed by atoms with Crippen LogP contribution in [0.2, 0.25) is 0 Å². The summed E-state index contributed by atoms with van der Waals surface area (Å²) >= 11 is 0. The molecule has 0 saturated heterocycles. The van der Waals surface area contributed by atoms with Crippen LogP contribution in [0.3, 0.4) is 0 Å². The molecule has 0 aromatic carbocycles. The molecule has 20 heavy (non-hydrogen) atoms. The van der Waals surface area contributed by atoms with Crippen molar-refractivity contribution in [2.45, 2.75) is 27.3 Å². The molecular formula is C12H19N7O. The van der Waals surface area contributed by atoms with Gasteiger partial charge in [-0.25, -0.2) is 4.98 Å². The number of hydrogen-bond donors (Lipinski definition) is 2. The van der Waals surface area contributed by atoms with Crippen LogP contribution in [-0.4, -0.2) is 33.0 Å². The van der Waals surface area contributed by atoms with Gasteiger partial charge < -0.3 is 20.4 Å². The van der Waals surface area contributed by atoms with E-state index in [1.54, 1.807) is 6.20 Å². The molecule has 0 saturated carbocycles. The first-order valence-corrected chi connectivity index (χ1v) is 6.54. The molecule has 3 N–H and O–H groups in total. The molecule has 0 aliphatic carbocycles. The van der Waals surface area contributed by atoms with Gasteiger partial charge in [-0.3, -0.25) is 0 Å². The van der Waals surface area contributed by atoms with Gasteiger partial charge in [0.25, 0.3) is 0 Å². The van der Waals surface area contributed by atoms with E-state index in [-0.39, 0.29) is 5.95 Å². The van der Waals surface area contributed by atoms with Crippen LogP contribution in [0, 0.1) is 6.92 Å². The van der Waals surface area contributed by atoms with Crippen LogP contribution in [0.1, 0.15) is 25.5 Å². The van der Waals surface area contributed by atoms with Gasteiger partial charge in [0.15, 0.2) is 0 Å². The molecule has 0 fully saturated rings. The van der Waals surface area contributed by atoms with Crippen LogP contribution in [0.4, 0.5) is 17.8 Å². The number of oxazole rings is 1. The zero-order chi connectivity index (χ0) is 14.5. The Morgan fingerprint density at radius 2 is 2.00 bits per heavy atom. The molecule has 0 radical (unpaired) electrons. The Kier molecular flexibility index (Phi) is 4.34. The van der Waals surface area contributed by atoms with Crippen molar-refractivity contribution in [3.63, 3.8) is 0 Å². The number of rotatable bonds is 6. The van der Waals surface area contributed by atoms with Crippen molar-refractivity contribution in [3.8, 4) is 0 Å². The van der Waals surface area contributed by atoms with Gasteiger partial charge in [-0.15, -0.1) is 0 Å². The van der Waals surface area contributed by atoms with E-state index in [1.165, 1.54) is 0 Å². The molecule has 8 nitrogen and oxygen atoms in total. The Morgan fingerprint density at radius 3 is 2.60 bits per heavy atom. The molecule has 2 aromatic rings. The zero-order valence-electron chi connectivity index (χ0n) is 11.9. The van der Waals surface area contributed by atoms with Crippen molar-refractivity contribution in [2.75, 3.05) is 29.0 Å². The van der Waals surface area contributed by atoms with Gasteiger partial charge in [0.1, 0.15) is 5.76 Å². The Bertz CT molecular complexity index is 565. The van der Waals surface area contributed by atoms with Gasteiger partial charge in [0, 0.05) is 13.1 Å². The summed E-state index contributed by atoms with van der Waals surface area (Å²) in [6.07, 6.45) is 1.67. The second-order valence-corrected chi connectivity index (χ2v) is 4.21. The summed E-state index contributed by atoms with van der Waals surface area (Å²) in [6, 6.07) is 0. The largest absolute Gasteiger partial charge is 0.444 e. The second kappa shape index (κ2) is 6.18. The van der Waals surface area contributed by atoms with Crippen molar-refractivity contribution in [1.29, 1.82) is 0 Å². The number of nitrogen functional groups attached to an aromatic ring is 1. The molecular weight excluding hydrogens is 258 g/mol. The Hall–Kier alpha value is -2.38. The van der Waals surface area contributed by atoms with Crippen molar-refractivity contribution >= 4 is 17.8 Å².